The molecule has 1 unspecified atom stereocenters. The Kier molecular flexibility index (Phi) is 5.33. The van der Waals surface area contributed by atoms with E-state index < -0.39 is 6.04 Å². The van der Waals surface area contributed by atoms with Gasteiger partial charge in [-0.25, -0.2) is 0 Å². The van der Waals surface area contributed by atoms with Crippen LogP contribution in [0.25, 0.3) is 0 Å². The maximum atomic E-state index is 12.4. The Labute approximate surface area is 125 Å². The monoisotopic (exact) mass is 289 g/mol. The molecule has 0 bridgehead atoms. The minimum Gasteiger partial charge on any atom is -0.356 e. The lowest BCUT2D eigenvalue weighted by Gasteiger charge is -2.33. The molecule has 21 heavy (non-hydrogen) atoms. The van der Waals surface area contributed by atoms with Crippen molar-refractivity contribution in [1.82, 2.24) is 10.2 Å². The summed E-state index contributed by atoms with van der Waals surface area (Å²) < 4.78 is 0. The first-order valence-corrected chi connectivity index (χ1v) is 7.50. The predicted molar refractivity (Wildman–Crippen MR) is 81.4 cm³/mol. The summed E-state index contributed by atoms with van der Waals surface area (Å²) in [7, 11) is 0. The number of rotatable bonds is 4. The van der Waals surface area contributed by atoms with Crippen LogP contribution in [0.1, 0.15) is 31.4 Å². The largest absolute Gasteiger partial charge is 0.356 e. The molecule has 0 radical (unpaired) electrons. The number of benzene rings is 1. The average molecular weight is 289 g/mol. The van der Waals surface area contributed by atoms with E-state index in [1.807, 2.05) is 37.3 Å². The first-order valence-electron chi connectivity index (χ1n) is 7.50. The van der Waals surface area contributed by atoms with Gasteiger partial charge in [-0.05, 0) is 25.3 Å². The lowest BCUT2D eigenvalue weighted by Crippen LogP contribution is -2.46. The molecule has 3 N–H and O–H groups in total. The highest BCUT2D eigenvalue weighted by atomic mass is 16.2. The second-order valence-corrected chi connectivity index (χ2v) is 5.38. The number of likely N-dealkylation sites (tertiary alicyclic amines) is 1. The van der Waals surface area contributed by atoms with Crippen molar-refractivity contribution in [2.45, 2.75) is 25.8 Å². The standard InChI is InChI=1S/C16H23N3O2/c1-2-18-15(20)13-8-10-19(11-9-13)16(21)14(17)12-6-4-3-5-7-12/h3-7,13-14H,2,8-11,17H2,1H3,(H,18,20). The summed E-state index contributed by atoms with van der Waals surface area (Å²) in [5, 5.41) is 2.84. The highest BCUT2D eigenvalue weighted by Gasteiger charge is 2.29. The molecule has 1 heterocycles. The molecule has 1 fully saturated rings. The van der Waals surface area contributed by atoms with E-state index in [1.54, 1.807) is 4.90 Å². The Morgan fingerprint density at radius 3 is 2.48 bits per heavy atom. The third-order valence-electron chi connectivity index (χ3n) is 3.95. The third kappa shape index (κ3) is 3.82. The summed E-state index contributed by atoms with van der Waals surface area (Å²) in [4.78, 5) is 26.0. The maximum absolute atomic E-state index is 12.4. The highest BCUT2D eigenvalue weighted by molar-refractivity contribution is 5.84. The number of carbonyl (C=O) groups excluding carboxylic acids is 2. The van der Waals surface area contributed by atoms with Crippen molar-refractivity contribution in [3.63, 3.8) is 0 Å². The zero-order valence-electron chi connectivity index (χ0n) is 12.4. The number of nitrogens with zero attached hydrogens (tertiary/aromatic N) is 1. The van der Waals surface area contributed by atoms with E-state index in [9.17, 15) is 9.59 Å². The van der Waals surface area contributed by atoms with Gasteiger partial charge < -0.3 is 16.0 Å². The second-order valence-electron chi connectivity index (χ2n) is 5.38. The van der Waals surface area contributed by atoms with Gasteiger partial charge in [0.25, 0.3) is 0 Å². The predicted octanol–water partition coefficient (Wildman–Crippen LogP) is 1.06. The zero-order valence-corrected chi connectivity index (χ0v) is 12.4. The number of hydrogen-bond donors (Lipinski definition) is 2. The van der Waals surface area contributed by atoms with Gasteiger partial charge in [-0.1, -0.05) is 30.3 Å². The molecule has 114 valence electrons. The van der Waals surface area contributed by atoms with Crippen LogP contribution in [0.15, 0.2) is 30.3 Å². The quantitative estimate of drug-likeness (QED) is 0.870. The summed E-state index contributed by atoms with van der Waals surface area (Å²) >= 11 is 0. The van der Waals surface area contributed by atoms with Crippen molar-refractivity contribution in [3.05, 3.63) is 35.9 Å². The van der Waals surface area contributed by atoms with E-state index in [1.165, 1.54) is 0 Å². The van der Waals surface area contributed by atoms with E-state index in [0.717, 1.165) is 5.56 Å². The Hall–Kier alpha value is -1.88. The zero-order chi connectivity index (χ0) is 15.2. The lowest BCUT2D eigenvalue weighted by atomic mass is 9.95. The van der Waals surface area contributed by atoms with Gasteiger partial charge in [0, 0.05) is 25.6 Å². The molecule has 5 nitrogen and oxygen atoms in total. The van der Waals surface area contributed by atoms with Gasteiger partial charge in [-0.3, -0.25) is 9.59 Å². The molecule has 1 aromatic carbocycles. The number of carbonyl (C=O) groups is 2. The smallest absolute Gasteiger partial charge is 0.244 e. The Morgan fingerprint density at radius 2 is 1.90 bits per heavy atom. The second kappa shape index (κ2) is 7.22. The summed E-state index contributed by atoms with van der Waals surface area (Å²) in [5.41, 5.74) is 6.87. The molecule has 0 spiro atoms. The molecule has 1 saturated heterocycles. The van der Waals surface area contributed by atoms with E-state index in [-0.39, 0.29) is 17.7 Å². The van der Waals surface area contributed by atoms with Crippen LogP contribution >= 0.6 is 0 Å². The van der Waals surface area contributed by atoms with Crippen molar-refractivity contribution in [1.29, 1.82) is 0 Å². The fourth-order valence-corrected chi connectivity index (χ4v) is 2.68. The van der Waals surface area contributed by atoms with Gasteiger partial charge in [-0.15, -0.1) is 0 Å². The Morgan fingerprint density at radius 1 is 1.29 bits per heavy atom. The SMILES string of the molecule is CCNC(=O)C1CCN(C(=O)C(N)c2ccccc2)CC1. The van der Waals surface area contributed by atoms with E-state index in [4.69, 9.17) is 5.73 Å². The van der Waals surface area contributed by atoms with Crippen LogP contribution in [0.3, 0.4) is 0 Å². The topological polar surface area (TPSA) is 75.4 Å². The number of hydrogen-bond acceptors (Lipinski definition) is 3. The van der Waals surface area contributed by atoms with E-state index >= 15 is 0 Å². The van der Waals surface area contributed by atoms with Crippen LogP contribution in [0.5, 0.6) is 0 Å². The van der Waals surface area contributed by atoms with Crippen LogP contribution in [0.2, 0.25) is 0 Å². The number of nitrogens with two attached hydrogens (primary N) is 1. The molecule has 5 heteroatoms. The van der Waals surface area contributed by atoms with Crippen molar-refractivity contribution in [2.75, 3.05) is 19.6 Å². The van der Waals surface area contributed by atoms with Crippen molar-refractivity contribution in [3.8, 4) is 0 Å². The van der Waals surface area contributed by atoms with E-state index in [0.29, 0.717) is 32.5 Å². The number of piperidine rings is 1. The van der Waals surface area contributed by atoms with Crippen LogP contribution in [-0.2, 0) is 9.59 Å². The fraction of sp³-hybridized carbons (Fsp3) is 0.500. The van der Waals surface area contributed by atoms with Crippen LogP contribution in [0, 0.1) is 5.92 Å². The van der Waals surface area contributed by atoms with Gasteiger partial charge in [0.2, 0.25) is 11.8 Å². The van der Waals surface area contributed by atoms with Gasteiger partial charge >= 0.3 is 0 Å². The third-order valence-corrected chi connectivity index (χ3v) is 3.95. The normalized spacial score (nSPS) is 17.3. The minimum atomic E-state index is -0.618. The van der Waals surface area contributed by atoms with Gasteiger partial charge in [-0.2, -0.15) is 0 Å². The molecular weight excluding hydrogens is 266 g/mol. The Balaban J connectivity index is 1.90. The molecule has 2 rings (SSSR count). The van der Waals surface area contributed by atoms with Crippen LogP contribution in [-0.4, -0.2) is 36.3 Å². The summed E-state index contributed by atoms with van der Waals surface area (Å²) in [6, 6.07) is 8.77. The van der Waals surface area contributed by atoms with Gasteiger partial charge in [0.1, 0.15) is 6.04 Å². The van der Waals surface area contributed by atoms with Crippen LogP contribution in [0.4, 0.5) is 0 Å². The molecule has 1 aromatic rings. The lowest BCUT2D eigenvalue weighted by molar-refractivity contribution is -0.136. The Bertz CT molecular complexity index is 482. The van der Waals surface area contributed by atoms with E-state index in [2.05, 4.69) is 5.32 Å². The summed E-state index contributed by atoms with van der Waals surface area (Å²) in [6.07, 6.45) is 1.41. The van der Waals surface area contributed by atoms with Gasteiger partial charge in [0.05, 0.1) is 0 Å². The average Bonchev–Trinajstić information content (AvgIpc) is 2.54. The highest BCUT2D eigenvalue weighted by Crippen LogP contribution is 2.21. The number of amides is 2. The number of nitrogens with one attached hydrogen (secondary N) is 1. The minimum absolute atomic E-state index is 0.0157. The van der Waals surface area contributed by atoms with Crippen molar-refractivity contribution < 1.29 is 9.59 Å². The fourth-order valence-electron chi connectivity index (χ4n) is 2.68. The molecule has 1 aliphatic heterocycles. The maximum Gasteiger partial charge on any atom is 0.244 e. The molecule has 1 atom stereocenters. The molecular formula is C16H23N3O2. The molecule has 2 amide bonds. The molecule has 1 aliphatic rings. The first-order chi connectivity index (χ1) is 10.1. The molecule has 0 aromatic heterocycles. The van der Waals surface area contributed by atoms with Gasteiger partial charge in [0.15, 0.2) is 0 Å². The molecule has 0 saturated carbocycles. The molecule has 0 aliphatic carbocycles. The van der Waals surface area contributed by atoms with Crippen molar-refractivity contribution >= 4 is 11.8 Å². The first kappa shape index (κ1) is 15.5. The summed E-state index contributed by atoms with van der Waals surface area (Å²) in [5.74, 6) is 0.0504. The van der Waals surface area contributed by atoms with Crippen molar-refractivity contribution in [2.24, 2.45) is 11.7 Å². The van der Waals surface area contributed by atoms with Crippen LogP contribution < -0.4 is 11.1 Å². The summed E-state index contributed by atoms with van der Waals surface area (Å²) in [6.45, 7) is 3.76.